The molecule has 2 rings (SSSR count). The number of hydrogen-bond acceptors (Lipinski definition) is 1. The fourth-order valence-electron chi connectivity index (χ4n) is 2.89. The fraction of sp³-hybridized carbons (Fsp3) is 1.00. The molecule has 2 atom stereocenters. The van der Waals surface area contributed by atoms with Gasteiger partial charge >= 0.3 is 0 Å². The first kappa shape index (κ1) is 10.4. The van der Waals surface area contributed by atoms with Crippen molar-refractivity contribution in [3.63, 3.8) is 0 Å². The van der Waals surface area contributed by atoms with Crippen LogP contribution in [0.3, 0.4) is 0 Å². The normalized spacial score (nSPS) is 34.3. The van der Waals surface area contributed by atoms with Crippen molar-refractivity contribution in [1.29, 1.82) is 0 Å². The van der Waals surface area contributed by atoms with Gasteiger partial charge in [0, 0.05) is 0 Å². The molecule has 1 saturated carbocycles. The minimum atomic E-state index is -0.885. The van der Waals surface area contributed by atoms with Crippen LogP contribution in [-0.2, 0) is 0 Å². The van der Waals surface area contributed by atoms with E-state index in [1.165, 1.54) is 6.42 Å². The lowest BCUT2D eigenvalue weighted by molar-refractivity contribution is -0.0105. The van der Waals surface area contributed by atoms with Gasteiger partial charge in [0.05, 0.1) is 0 Å². The molecule has 82 valence electrons. The monoisotopic (exact) mass is 199 g/mol. The molecule has 1 saturated heterocycles. The first-order valence-corrected chi connectivity index (χ1v) is 6.11. The molecular weight excluding hydrogens is 177 g/mol. The summed E-state index contributed by atoms with van der Waals surface area (Å²) in [6, 6.07) is 0. The van der Waals surface area contributed by atoms with Crippen molar-refractivity contribution in [2.24, 2.45) is 11.8 Å². The van der Waals surface area contributed by atoms with E-state index in [1.807, 2.05) is 6.92 Å². The molecule has 0 radical (unpaired) electrons. The molecular formula is C12H22FN. The Morgan fingerprint density at radius 2 is 1.64 bits per heavy atom. The lowest BCUT2D eigenvalue weighted by Gasteiger charge is -2.41. The zero-order chi connectivity index (χ0) is 10.0. The van der Waals surface area contributed by atoms with Gasteiger partial charge in [0.25, 0.3) is 0 Å². The molecule has 2 fully saturated rings. The molecule has 0 spiro atoms. The number of halogens is 1. The van der Waals surface area contributed by atoms with E-state index in [0.29, 0.717) is 11.8 Å². The molecule has 0 aromatic heterocycles. The predicted octanol–water partition coefficient (Wildman–Crippen LogP) is 2.90. The molecule has 2 unspecified atom stereocenters. The maximum atomic E-state index is 14.6. The average molecular weight is 199 g/mol. The van der Waals surface area contributed by atoms with E-state index < -0.39 is 5.67 Å². The van der Waals surface area contributed by atoms with Crippen molar-refractivity contribution < 1.29 is 4.39 Å². The Kier molecular flexibility index (Phi) is 3.10. The smallest absolute Gasteiger partial charge is 0.113 e. The van der Waals surface area contributed by atoms with Gasteiger partial charge < -0.3 is 5.32 Å². The number of nitrogens with one attached hydrogen (secondary N) is 1. The van der Waals surface area contributed by atoms with Crippen LogP contribution in [0.4, 0.5) is 4.39 Å². The third-order valence-electron chi connectivity index (χ3n) is 4.28. The van der Waals surface area contributed by atoms with Crippen molar-refractivity contribution in [3.8, 4) is 0 Å². The summed E-state index contributed by atoms with van der Waals surface area (Å²) in [6.45, 7) is 3.95. The van der Waals surface area contributed by atoms with Crippen LogP contribution >= 0.6 is 0 Å². The van der Waals surface area contributed by atoms with Crippen LogP contribution < -0.4 is 5.32 Å². The van der Waals surface area contributed by atoms with Crippen molar-refractivity contribution >= 4 is 0 Å². The predicted molar refractivity (Wildman–Crippen MR) is 57.1 cm³/mol. The van der Waals surface area contributed by atoms with Crippen molar-refractivity contribution in [2.75, 3.05) is 13.1 Å². The van der Waals surface area contributed by atoms with Gasteiger partial charge in [-0.1, -0.05) is 6.42 Å². The number of hydrogen-bond donors (Lipinski definition) is 1. The minimum absolute atomic E-state index is 0.308. The second kappa shape index (κ2) is 4.18. The summed E-state index contributed by atoms with van der Waals surface area (Å²) in [5, 5.41) is 3.36. The summed E-state index contributed by atoms with van der Waals surface area (Å²) >= 11 is 0. The first-order valence-electron chi connectivity index (χ1n) is 6.11. The summed E-state index contributed by atoms with van der Waals surface area (Å²) in [7, 11) is 0. The lowest BCUT2D eigenvalue weighted by Crippen LogP contribution is -2.41. The maximum Gasteiger partial charge on any atom is 0.113 e. The van der Waals surface area contributed by atoms with E-state index in [-0.39, 0.29) is 0 Å². The molecule has 1 nitrogen and oxygen atoms in total. The van der Waals surface area contributed by atoms with Gasteiger partial charge in [0.2, 0.25) is 0 Å². The highest BCUT2D eigenvalue weighted by atomic mass is 19.1. The molecule has 14 heavy (non-hydrogen) atoms. The van der Waals surface area contributed by atoms with Gasteiger partial charge in [-0.15, -0.1) is 0 Å². The molecule has 2 heteroatoms. The third-order valence-corrected chi connectivity index (χ3v) is 4.28. The van der Waals surface area contributed by atoms with Crippen LogP contribution in [-0.4, -0.2) is 18.8 Å². The highest BCUT2D eigenvalue weighted by Gasteiger charge is 2.43. The topological polar surface area (TPSA) is 12.0 Å². The Morgan fingerprint density at radius 3 is 2.29 bits per heavy atom. The Hall–Kier alpha value is -0.110. The van der Waals surface area contributed by atoms with Gasteiger partial charge in [-0.3, -0.25) is 0 Å². The van der Waals surface area contributed by atoms with Gasteiger partial charge in [-0.05, 0) is 64.0 Å². The Morgan fingerprint density at radius 1 is 1.00 bits per heavy atom. The molecule has 0 aromatic rings. The second-order valence-corrected chi connectivity index (χ2v) is 5.16. The fourth-order valence-corrected chi connectivity index (χ4v) is 2.89. The minimum Gasteiger partial charge on any atom is -0.317 e. The molecule has 2 aliphatic rings. The standard InChI is InChI=1S/C12H22FN/c1-12(13,10-4-2-5-10)11-6-3-8-14-9-7-11/h10-11,14H,2-9H2,1H3. The van der Waals surface area contributed by atoms with E-state index in [1.54, 1.807) is 0 Å². The van der Waals surface area contributed by atoms with E-state index in [4.69, 9.17) is 0 Å². The summed E-state index contributed by atoms with van der Waals surface area (Å²) < 4.78 is 14.6. The van der Waals surface area contributed by atoms with E-state index in [0.717, 1.165) is 45.2 Å². The Bertz CT molecular complexity index is 179. The maximum absolute atomic E-state index is 14.6. The highest BCUT2D eigenvalue weighted by molar-refractivity contribution is 4.94. The van der Waals surface area contributed by atoms with Gasteiger partial charge in [0.15, 0.2) is 0 Å². The van der Waals surface area contributed by atoms with E-state index >= 15 is 0 Å². The Labute approximate surface area is 86.5 Å². The van der Waals surface area contributed by atoms with Crippen molar-refractivity contribution in [1.82, 2.24) is 5.32 Å². The SMILES string of the molecule is CC(F)(C1CCC1)C1CCCNCC1. The second-order valence-electron chi connectivity index (χ2n) is 5.16. The number of rotatable bonds is 2. The molecule has 1 aliphatic carbocycles. The van der Waals surface area contributed by atoms with E-state index in [9.17, 15) is 4.39 Å². The molecule has 0 amide bonds. The van der Waals surface area contributed by atoms with Crippen LogP contribution in [0.1, 0.15) is 45.4 Å². The summed E-state index contributed by atoms with van der Waals surface area (Å²) in [4.78, 5) is 0. The van der Waals surface area contributed by atoms with Crippen LogP contribution in [0.25, 0.3) is 0 Å². The van der Waals surface area contributed by atoms with Crippen LogP contribution in [0.15, 0.2) is 0 Å². The van der Waals surface area contributed by atoms with Crippen LogP contribution in [0.5, 0.6) is 0 Å². The summed E-state index contributed by atoms with van der Waals surface area (Å²) in [5.41, 5.74) is -0.885. The Balaban J connectivity index is 1.95. The van der Waals surface area contributed by atoms with Gasteiger partial charge in [-0.25, -0.2) is 4.39 Å². The largest absolute Gasteiger partial charge is 0.317 e. The molecule has 0 bridgehead atoms. The zero-order valence-electron chi connectivity index (χ0n) is 9.19. The van der Waals surface area contributed by atoms with Crippen LogP contribution in [0.2, 0.25) is 0 Å². The summed E-state index contributed by atoms with van der Waals surface area (Å²) in [5.74, 6) is 0.674. The summed E-state index contributed by atoms with van der Waals surface area (Å²) in [6.07, 6.45) is 6.75. The molecule has 0 aromatic carbocycles. The van der Waals surface area contributed by atoms with E-state index in [2.05, 4.69) is 5.32 Å². The molecule has 1 N–H and O–H groups in total. The van der Waals surface area contributed by atoms with Gasteiger partial charge in [-0.2, -0.15) is 0 Å². The van der Waals surface area contributed by atoms with Crippen LogP contribution in [0, 0.1) is 11.8 Å². The molecule has 1 heterocycles. The highest BCUT2D eigenvalue weighted by Crippen LogP contribution is 2.45. The first-order chi connectivity index (χ1) is 6.71. The average Bonchev–Trinajstić information content (AvgIpc) is 2.26. The number of alkyl halides is 1. The quantitative estimate of drug-likeness (QED) is 0.721. The lowest BCUT2D eigenvalue weighted by atomic mass is 9.67. The van der Waals surface area contributed by atoms with Gasteiger partial charge in [0.1, 0.15) is 5.67 Å². The molecule has 1 aliphatic heterocycles. The zero-order valence-corrected chi connectivity index (χ0v) is 9.19. The third kappa shape index (κ3) is 1.95. The van der Waals surface area contributed by atoms with Crippen molar-refractivity contribution in [2.45, 2.75) is 51.1 Å². The van der Waals surface area contributed by atoms with Crippen molar-refractivity contribution in [3.05, 3.63) is 0 Å².